The topological polar surface area (TPSA) is 62.2 Å². The first-order valence-electron chi connectivity index (χ1n) is 6.20. The third-order valence-electron chi connectivity index (χ3n) is 3.21. The Labute approximate surface area is 101 Å². The number of aromatic nitrogens is 1. The number of anilines is 1. The van der Waals surface area contributed by atoms with Gasteiger partial charge in [-0.3, -0.25) is 4.98 Å². The Balaban J connectivity index is 2.01. The molecule has 0 spiro atoms. The summed E-state index contributed by atoms with van der Waals surface area (Å²) in [6, 6.07) is 2.11. The quantitative estimate of drug-likeness (QED) is 0.789. The molecular weight excluding hydrogens is 216 g/mol. The van der Waals surface area contributed by atoms with Crippen LogP contribution in [-0.2, 0) is 0 Å². The first kappa shape index (κ1) is 11.9. The number of pyridine rings is 1. The number of carboxylic acid groups (broad SMARTS) is 1. The SMILES string of the molecule is O=C(O)c1cncc(NC2CCCCCC2)c1. The number of aromatic carboxylic acids is 1. The molecule has 17 heavy (non-hydrogen) atoms. The highest BCUT2D eigenvalue weighted by atomic mass is 16.4. The summed E-state index contributed by atoms with van der Waals surface area (Å²) >= 11 is 0. The number of rotatable bonds is 3. The van der Waals surface area contributed by atoms with Crippen molar-refractivity contribution in [1.82, 2.24) is 4.98 Å². The smallest absolute Gasteiger partial charge is 0.337 e. The van der Waals surface area contributed by atoms with E-state index in [1.807, 2.05) is 0 Å². The Morgan fingerprint density at radius 1 is 1.24 bits per heavy atom. The molecule has 0 saturated heterocycles. The van der Waals surface area contributed by atoms with Crippen LogP contribution in [0.3, 0.4) is 0 Å². The van der Waals surface area contributed by atoms with Crippen molar-refractivity contribution >= 4 is 11.7 Å². The van der Waals surface area contributed by atoms with Crippen LogP contribution in [0.1, 0.15) is 48.9 Å². The molecule has 4 heteroatoms. The van der Waals surface area contributed by atoms with Gasteiger partial charge in [0.1, 0.15) is 0 Å². The molecule has 1 aromatic rings. The van der Waals surface area contributed by atoms with Crippen LogP contribution in [0.15, 0.2) is 18.5 Å². The first-order valence-corrected chi connectivity index (χ1v) is 6.20. The maximum absolute atomic E-state index is 10.8. The standard InChI is InChI=1S/C13H18N2O2/c16-13(17)10-7-12(9-14-8-10)15-11-5-3-1-2-4-6-11/h7-9,11,15H,1-6H2,(H,16,17). The van der Waals surface area contributed by atoms with Gasteiger partial charge in [0.2, 0.25) is 0 Å². The van der Waals surface area contributed by atoms with E-state index in [1.54, 1.807) is 12.3 Å². The van der Waals surface area contributed by atoms with E-state index < -0.39 is 5.97 Å². The van der Waals surface area contributed by atoms with Crippen LogP contribution >= 0.6 is 0 Å². The monoisotopic (exact) mass is 234 g/mol. The number of hydrogen-bond acceptors (Lipinski definition) is 3. The average molecular weight is 234 g/mol. The largest absolute Gasteiger partial charge is 0.478 e. The minimum absolute atomic E-state index is 0.239. The highest BCUT2D eigenvalue weighted by Gasteiger charge is 2.12. The second-order valence-corrected chi connectivity index (χ2v) is 4.60. The summed E-state index contributed by atoms with van der Waals surface area (Å²) in [5.41, 5.74) is 1.06. The molecule has 1 aromatic heterocycles. The van der Waals surface area contributed by atoms with Gasteiger partial charge < -0.3 is 10.4 Å². The number of nitrogens with one attached hydrogen (secondary N) is 1. The van der Waals surface area contributed by atoms with Gasteiger partial charge in [-0.15, -0.1) is 0 Å². The van der Waals surface area contributed by atoms with E-state index in [-0.39, 0.29) is 5.56 Å². The molecule has 2 rings (SSSR count). The normalized spacial score (nSPS) is 17.4. The summed E-state index contributed by atoms with van der Waals surface area (Å²) in [4.78, 5) is 14.8. The van der Waals surface area contributed by atoms with Crippen molar-refractivity contribution in [2.45, 2.75) is 44.6 Å². The Morgan fingerprint density at radius 3 is 2.59 bits per heavy atom. The molecule has 0 amide bonds. The first-order chi connectivity index (χ1) is 8.25. The van der Waals surface area contributed by atoms with Crippen LogP contribution in [-0.4, -0.2) is 22.1 Å². The van der Waals surface area contributed by atoms with E-state index in [0.29, 0.717) is 6.04 Å². The van der Waals surface area contributed by atoms with Gasteiger partial charge >= 0.3 is 5.97 Å². The molecule has 1 aliphatic carbocycles. The summed E-state index contributed by atoms with van der Waals surface area (Å²) in [7, 11) is 0. The van der Waals surface area contributed by atoms with Crippen molar-refractivity contribution in [1.29, 1.82) is 0 Å². The van der Waals surface area contributed by atoms with E-state index in [0.717, 1.165) is 18.5 Å². The Kier molecular flexibility index (Phi) is 3.96. The van der Waals surface area contributed by atoms with Crippen molar-refractivity contribution in [3.8, 4) is 0 Å². The zero-order chi connectivity index (χ0) is 12.1. The number of hydrogen-bond donors (Lipinski definition) is 2. The molecule has 1 aliphatic rings. The van der Waals surface area contributed by atoms with E-state index >= 15 is 0 Å². The van der Waals surface area contributed by atoms with Gasteiger partial charge in [-0.05, 0) is 18.9 Å². The molecule has 0 radical (unpaired) electrons. The average Bonchev–Trinajstić information content (AvgIpc) is 2.58. The van der Waals surface area contributed by atoms with Crippen molar-refractivity contribution in [2.75, 3.05) is 5.32 Å². The van der Waals surface area contributed by atoms with Crippen LogP contribution in [0.4, 0.5) is 5.69 Å². The number of nitrogens with zero attached hydrogens (tertiary/aromatic N) is 1. The fourth-order valence-corrected chi connectivity index (χ4v) is 2.30. The lowest BCUT2D eigenvalue weighted by atomic mass is 10.1. The summed E-state index contributed by atoms with van der Waals surface area (Å²) in [5.74, 6) is -0.929. The zero-order valence-electron chi connectivity index (χ0n) is 9.85. The fraction of sp³-hybridized carbons (Fsp3) is 0.538. The molecule has 0 atom stereocenters. The minimum Gasteiger partial charge on any atom is -0.478 e. The summed E-state index contributed by atoms with van der Waals surface area (Å²) < 4.78 is 0. The third-order valence-corrected chi connectivity index (χ3v) is 3.21. The highest BCUT2D eigenvalue weighted by molar-refractivity contribution is 5.88. The number of carboxylic acids is 1. The van der Waals surface area contributed by atoms with Crippen molar-refractivity contribution in [3.63, 3.8) is 0 Å². The summed E-state index contributed by atoms with van der Waals surface area (Å²) in [5, 5.41) is 12.3. The van der Waals surface area contributed by atoms with Crippen molar-refractivity contribution in [2.24, 2.45) is 0 Å². The predicted octanol–water partition coefficient (Wildman–Crippen LogP) is 2.91. The van der Waals surface area contributed by atoms with Crippen LogP contribution in [0.5, 0.6) is 0 Å². The molecule has 0 aliphatic heterocycles. The highest BCUT2D eigenvalue weighted by Crippen LogP contribution is 2.21. The second kappa shape index (κ2) is 5.66. The van der Waals surface area contributed by atoms with Crippen LogP contribution in [0.2, 0.25) is 0 Å². The molecule has 4 nitrogen and oxygen atoms in total. The molecule has 0 unspecified atom stereocenters. The molecule has 92 valence electrons. The van der Waals surface area contributed by atoms with Gasteiger partial charge in [0, 0.05) is 18.4 Å². The molecule has 1 heterocycles. The Morgan fingerprint density at radius 2 is 1.94 bits per heavy atom. The van der Waals surface area contributed by atoms with E-state index in [1.165, 1.54) is 31.9 Å². The lowest BCUT2D eigenvalue weighted by Crippen LogP contribution is -2.18. The predicted molar refractivity (Wildman–Crippen MR) is 66.3 cm³/mol. The van der Waals surface area contributed by atoms with Gasteiger partial charge in [-0.1, -0.05) is 25.7 Å². The molecule has 1 fully saturated rings. The van der Waals surface area contributed by atoms with Gasteiger partial charge in [-0.2, -0.15) is 0 Å². The third kappa shape index (κ3) is 3.44. The van der Waals surface area contributed by atoms with Gasteiger partial charge in [0.05, 0.1) is 11.3 Å². The lowest BCUT2D eigenvalue weighted by Gasteiger charge is -2.17. The van der Waals surface area contributed by atoms with Crippen molar-refractivity contribution in [3.05, 3.63) is 24.0 Å². The second-order valence-electron chi connectivity index (χ2n) is 4.60. The van der Waals surface area contributed by atoms with Crippen LogP contribution < -0.4 is 5.32 Å². The summed E-state index contributed by atoms with van der Waals surface area (Å²) in [6.45, 7) is 0. The Hall–Kier alpha value is -1.58. The molecule has 1 saturated carbocycles. The van der Waals surface area contributed by atoms with Gasteiger partial charge in [0.25, 0.3) is 0 Å². The van der Waals surface area contributed by atoms with Crippen LogP contribution in [0.25, 0.3) is 0 Å². The number of carbonyl (C=O) groups is 1. The van der Waals surface area contributed by atoms with Crippen LogP contribution in [0, 0.1) is 0 Å². The molecule has 2 N–H and O–H groups in total. The Bertz CT molecular complexity index is 385. The van der Waals surface area contributed by atoms with Gasteiger partial charge in [0.15, 0.2) is 0 Å². The lowest BCUT2D eigenvalue weighted by molar-refractivity contribution is 0.0696. The zero-order valence-corrected chi connectivity index (χ0v) is 9.85. The van der Waals surface area contributed by atoms with E-state index in [4.69, 9.17) is 5.11 Å². The molecular formula is C13H18N2O2. The maximum Gasteiger partial charge on any atom is 0.337 e. The van der Waals surface area contributed by atoms with Crippen molar-refractivity contribution < 1.29 is 9.90 Å². The van der Waals surface area contributed by atoms with E-state index in [2.05, 4.69) is 10.3 Å². The molecule has 0 bridgehead atoms. The molecule has 0 aromatic carbocycles. The van der Waals surface area contributed by atoms with E-state index in [9.17, 15) is 4.79 Å². The van der Waals surface area contributed by atoms with Gasteiger partial charge in [-0.25, -0.2) is 4.79 Å². The minimum atomic E-state index is -0.929. The maximum atomic E-state index is 10.8. The fourth-order valence-electron chi connectivity index (χ4n) is 2.30. The summed E-state index contributed by atoms with van der Waals surface area (Å²) in [6.07, 6.45) is 10.5.